The third-order valence-electron chi connectivity index (χ3n) is 3.83. The number of nitrogens with zero attached hydrogens (tertiary/aromatic N) is 2. The minimum absolute atomic E-state index is 0.251. The number of esters is 1. The number of hydrogen-bond acceptors (Lipinski definition) is 4. The molecule has 0 saturated heterocycles. The Morgan fingerprint density at radius 2 is 1.44 bits per heavy atom. The lowest BCUT2D eigenvalue weighted by Gasteiger charge is -2.03. The van der Waals surface area contributed by atoms with Gasteiger partial charge in [0.05, 0.1) is 5.69 Å². The van der Waals surface area contributed by atoms with Gasteiger partial charge in [0.15, 0.2) is 5.70 Å². The van der Waals surface area contributed by atoms with Crippen LogP contribution in [-0.4, -0.2) is 16.9 Å². The Balaban J connectivity index is 1.61. The Morgan fingerprint density at radius 3 is 2.16 bits per heavy atom. The van der Waals surface area contributed by atoms with Crippen LogP contribution in [0, 0.1) is 0 Å². The van der Waals surface area contributed by atoms with Gasteiger partial charge in [-0.2, -0.15) is 0 Å². The number of ether oxygens (including phenoxy) is 1. The molecule has 0 saturated carbocycles. The van der Waals surface area contributed by atoms with E-state index in [9.17, 15) is 4.79 Å². The van der Waals surface area contributed by atoms with Gasteiger partial charge in [-0.3, -0.25) is 4.98 Å². The van der Waals surface area contributed by atoms with Crippen molar-refractivity contribution in [2.45, 2.75) is 0 Å². The molecule has 0 bridgehead atoms. The third kappa shape index (κ3) is 3.23. The van der Waals surface area contributed by atoms with E-state index in [2.05, 4.69) is 22.1 Å². The van der Waals surface area contributed by atoms with Gasteiger partial charge >= 0.3 is 5.97 Å². The lowest BCUT2D eigenvalue weighted by atomic mass is 10.0. The van der Waals surface area contributed by atoms with Crippen molar-refractivity contribution in [1.82, 2.24) is 4.98 Å². The Hall–Kier alpha value is -3.53. The lowest BCUT2D eigenvalue weighted by Crippen LogP contribution is -2.05. The monoisotopic (exact) mass is 326 g/mol. The zero-order valence-electron chi connectivity index (χ0n) is 13.3. The Kier molecular flexibility index (Phi) is 3.92. The van der Waals surface area contributed by atoms with Crippen molar-refractivity contribution >= 4 is 17.9 Å². The highest BCUT2D eigenvalue weighted by atomic mass is 16.6. The molecule has 0 amide bonds. The highest BCUT2D eigenvalue weighted by Crippen LogP contribution is 2.22. The van der Waals surface area contributed by atoms with E-state index < -0.39 is 5.97 Å². The molecule has 25 heavy (non-hydrogen) atoms. The quantitative estimate of drug-likeness (QED) is 0.538. The molecule has 0 aliphatic carbocycles. The van der Waals surface area contributed by atoms with Crippen molar-refractivity contribution in [2.75, 3.05) is 0 Å². The van der Waals surface area contributed by atoms with Crippen molar-refractivity contribution in [3.63, 3.8) is 0 Å². The minimum Gasteiger partial charge on any atom is -0.402 e. The maximum absolute atomic E-state index is 12.0. The summed E-state index contributed by atoms with van der Waals surface area (Å²) in [6.07, 6.45) is 3.29. The number of hydrogen-bond donors (Lipinski definition) is 0. The summed E-state index contributed by atoms with van der Waals surface area (Å²) >= 11 is 0. The molecule has 2 aromatic carbocycles. The van der Waals surface area contributed by atoms with E-state index >= 15 is 0 Å². The van der Waals surface area contributed by atoms with E-state index in [1.807, 2.05) is 60.7 Å². The van der Waals surface area contributed by atoms with E-state index in [1.165, 1.54) is 0 Å². The SMILES string of the molecule is O=C1OC(c2ccc(-c3ccccc3)cc2)=NC1=Cc1ccccn1. The summed E-state index contributed by atoms with van der Waals surface area (Å²) in [5.74, 6) is -0.153. The molecule has 120 valence electrons. The molecule has 4 heteroatoms. The summed E-state index contributed by atoms with van der Waals surface area (Å²) in [6, 6.07) is 23.3. The first kappa shape index (κ1) is 15.0. The summed E-state index contributed by atoms with van der Waals surface area (Å²) in [5, 5.41) is 0. The molecule has 1 aliphatic heterocycles. The number of pyridine rings is 1. The van der Waals surface area contributed by atoms with Crippen LogP contribution >= 0.6 is 0 Å². The van der Waals surface area contributed by atoms with Crippen LogP contribution in [0.25, 0.3) is 17.2 Å². The molecule has 1 aromatic heterocycles. The summed E-state index contributed by atoms with van der Waals surface area (Å²) in [7, 11) is 0. The number of carbonyl (C=O) groups is 1. The molecule has 2 heterocycles. The predicted octanol–water partition coefficient (Wildman–Crippen LogP) is 4.09. The van der Waals surface area contributed by atoms with Crippen molar-refractivity contribution in [1.29, 1.82) is 0 Å². The van der Waals surface area contributed by atoms with Gasteiger partial charge in [0.2, 0.25) is 5.90 Å². The fraction of sp³-hybridized carbons (Fsp3) is 0. The van der Waals surface area contributed by atoms with E-state index in [1.54, 1.807) is 12.3 Å². The van der Waals surface area contributed by atoms with Gasteiger partial charge in [0.1, 0.15) is 0 Å². The normalized spacial score (nSPS) is 15.1. The Bertz CT molecular complexity index is 960. The second-order valence-electron chi connectivity index (χ2n) is 5.53. The topological polar surface area (TPSA) is 51.5 Å². The maximum Gasteiger partial charge on any atom is 0.363 e. The van der Waals surface area contributed by atoms with Crippen LogP contribution in [0.4, 0.5) is 0 Å². The van der Waals surface area contributed by atoms with Crippen LogP contribution in [0.5, 0.6) is 0 Å². The van der Waals surface area contributed by atoms with Gasteiger partial charge in [-0.05, 0) is 41.5 Å². The van der Waals surface area contributed by atoms with Crippen LogP contribution in [0.3, 0.4) is 0 Å². The van der Waals surface area contributed by atoms with Gasteiger partial charge in [0.25, 0.3) is 0 Å². The number of cyclic esters (lactones) is 1. The highest BCUT2D eigenvalue weighted by molar-refractivity contribution is 6.12. The van der Waals surface area contributed by atoms with E-state index in [-0.39, 0.29) is 5.70 Å². The smallest absolute Gasteiger partial charge is 0.363 e. The number of carbonyl (C=O) groups excluding carboxylic acids is 1. The van der Waals surface area contributed by atoms with E-state index in [0.717, 1.165) is 16.7 Å². The molecule has 0 spiro atoms. The zero-order chi connectivity index (χ0) is 17.1. The van der Waals surface area contributed by atoms with Crippen LogP contribution in [0.1, 0.15) is 11.3 Å². The van der Waals surface area contributed by atoms with Gasteiger partial charge in [-0.1, -0.05) is 48.5 Å². The maximum atomic E-state index is 12.0. The van der Waals surface area contributed by atoms with Crippen LogP contribution in [0.15, 0.2) is 89.7 Å². The minimum atomic E-state index is -0.465. The molecule has 4 nitrogen and oxygen atoms in total. The van der Waals surface area contributed by atoms with E-state index in [4.69, 9.17) is 4.74 Å². The predicted molar refractivity (Wildman–Crippen MR) is 96.7 cm³/mol. The third-order valence-corrected chi connectivity index (χ3v) is 3.83. The van der Waals surface area contributed by atoms with Gasteiger partial charge in [0, 0.05) is 11.8 Å². The van der Waals surface area contributed by atoms with Crippen molar-refractivity contribution in [3.05, 3.63) is 95.9 Å². The van der Waals surface area contributed by atoms with Crippen molar-refractivity contribution in [3.8, 4) is 11.1 Å². The molecule has 3 aromatic rings. The number of aromatic nitrogens is 1. The summed E-state index contributed by atoms with van der Waals surface area (Å²) in [4.78, 5) is 20.5. The zero-order valence-corrected chi connectivity index (χ0v) is 13.3. The molecule has 1 aliphatic rings. The largest absolute Gasteiger partial charge is 0.402 e. The Labute approximate surface area is 145 Å². The average molecular weight is 326 g/mol. The Morgan fingerprint density at radius 1 is 0.760 bits per heavy atom. The summed E-state index contributed by atoms with van der Waals surface area (Å²) < 4.78 is 5.29. The molecule has 0 unspecified atom stereocenters. The number of rotatable bonds is 3. The standard InChI is InChI=1S/C21H14N2O2/c24-21-19(14-18-8-4-5-13-22-18)23-20(25-21)17-11-9-16(10-12-17)15-6-2-1-3-7-15/h1-14H. The van der Waals surface area contributed by atoms with Crippen LogP contribution in [-0.2, 0) is 9.53 Å². The molecule has 4 rings (SSSR count). The van der Waals surface area contributed by atoms with Gasteiger partial charge in [-0.25, -0.2) is 9.79 Å². The van der Waals surface area contributed by atoms with E-state index in [0.29, 0.717) is 11.6 Å². The number of benzene rings is 2. The molecular formula is C21H14N2O2. The highest BCUT2D eigenvalue weighted by Gasteiger charge is 2.24. The fourth-order valence-corrected chi connectivity index (χ4v) is 2.57. The first-order chi connectivity index (χ1) is 12.3. The average Bonchev–Trinajstić information content (AvgIpc) is 3.04. The number of aliphatic imine (C=N–C) groups is 1. The first-order valence-corrected chi connectivity index (χ1v) is 7.89. The second-order valence-corrected chi connectivity index (χ2v) is 5.53. The van der Waals surface area contributed by atoms with Crippen molar-refractivity contribution in [2.24, 2.45) is 4.99 Å². The molecule has 0 atom stereocenters. The van der Waals surface area contributed by atoms with Crippen LogP contribution < -0.4 is 0 Å². The first-order valence-electron chi connectivity index (χ1n) is 7.89. The molecule has 0 N–H and O–H groups in total. The van der Waals surface area contributed by atoms with Crippen molar-refractivity contribution < 1.29 is 9.53 Å². The molecule has 0 radical (unpaired) electrons. The summed E-state index contributed by atoms with van der Waals surface area (Å²) in [6.45, 7) is 0. The van der Waals surface area contributed by atoms with Gasteiger partial charge in [-0.15, -0.1) is 0 Å². The molecular weight excluding hydrogens is 312 g/mol. The summed E-state index contributed by atoms with van der Waals surface area (Å²) in [5.41, 5.74) is 3.91. The van der Waals surface area contributed by atoms with Crippen LogP contribution in [0.2, 0.25) is 0 Å². The lowest BCUT2D eigenvalue weighted by molar-refractivity contribution is -0.129. The second kappa shape index (κ2) is 6.53. The fourth-order valence-electron chi connectivity index (χ4n) is 2.57. The molecule has 0 fully saturated rings. The van der Waals surface area contributed by atoms with Gasteiger partial charge < -0.3 is 4.74 Å².